The van der Waals surface area contributed by atoms with Crippen LogP contribution in [0.4, 0.5) is 5.69 Å². The average Bonchev–Trinajstić information content (AvgIpc) is 3.41. The number of benzene rings is 2. The molecular weight excluding hydrogens is 448 g/mol. The number of ether oxygens (including phenoxy) is 3. The zero-order valence-electron chi connectivity index (χ0n) is 17.3. The molecule has 3 aromatic rings. The minimum absolute atomic E-state index is 0.0674. The van der Waals surface area contributed by atoms with E-state index in [-0.39, 0.29) is 23.0 Å². The lowest BCUT2D eigenvalue weighted by molar-refractivity contribution is -0.132. The molecule has 2 aromatic carbocycles. The van der Waals surface area contributed by atoms with Gasteiger partial charge in [-0.3, -0.25) is 19.5 Å². The summed E-state index contributed by atoms with van der Waals surface area (Å²) in [4.78, 5) is 31.9. The first-order valence-corrected chi connectivity index (χ1v) is 10.3. The molecular formula is C24H17ClN2O6. The summed E-state index contributed by atoms with van der Waals surface area (Å²) < 4.78 is 16.0. The summed E-state index contributed by atoms with van der Waals surface area (Å²) in [6.45, 7) is 0.0674. The molecule has 2 aliphatic rings. The average molecular weight is 465 g/mol. The van der Waals surface area contributed by atoms with Gasteiger partial charge >= 0.3 is 0 Å². The summed E-state index contributed by atoms with van der Waals surface area (Å²) >= 11 is 6.32. The minimum atomic E-state index is -0.943. The predicted octanol–water partition coefficient (Wildman–Crippen LogP) is 4.10. The van der Waals surface area contributed by atoms with Crippen molar-refractivity contribution >= 4 is 34.7 Å². The van der Waals surface area contributed by atoms with Gasteiger partial charge < -0.3 is 19.3 Å². The summed E-state index contributed by atoms with van der Waals surface area (Å²) in [5.74, 6) is -0.633. The Bertz CT molecular complexity index is 1310. The van der Waals surface area contributed by atoms with Gasteiger partial charge in [-0.2, -0.15) is 0 Å². The molecule has 166 valence electrons. The maximum Gasteiger partial charge on any atom is 0.300 e. The maximum absolute atomic E-state index is 13.2. The van der Waals surface area contributed by atoms with Crippen LogP contribution in [-0.4, -0.2) is 35.7 Å². The summed E-state index contributed by atoms with van der Waals surface area (Å²) in [6.07, 6.45) is 3.12. The Morgan fingerprint density at radius 2 is 1.97 bits per heavy atom. The summed E-state index contributed by atoms with van der Waals surface area (Å²) in [6, 6.07) is 12.1. The molecule has 9 heteroatoms. The first kappa shape index (κ1) is 20.8. The third-order valence-corrected chi connectivity index (χ3v) is 5.84. The van der Waals surface area contributed by atoms with Crippen LogP contribution >= 0.6 is 11.6 Å². The molecule has 1 unspecified atom stereocenters. The van der Waals surface area contributed by atoms with Gasteiger partial charge in [0.2, 0.25) is 6.79 Å². The molecule has 0 bridgehead atoms. The predicted molar refractivity (Wildman–Crippen MR) is 120 cm³/mol. The molecule has 1 saturated heterocycles. The number of methoxy groups -OCH3 is 1. The third-order valence-electron chi connectivity index (χ3n) is 5.51. The number of Topliss-reactive ketones (excluding diaryl/α,β-unsaturated/α-hetero) is 1. The molecule has 8 nitrogen and oxygen atoms in total. The Kier molecular flexibility index (Phi) is 5.14. The van der Waals surface area contributed by atoms with Gasteiger partial charge in [-0.25, -0.2) is 0 Å². The first-order valence-electron chi connectivity index (χ1n) is 9.94. The smallest absolute Gasteiger partial charge is 0.300 e. The second kappa shape index (κ2) is 8.14. The van der Waals surface area contributed by atoms with E-state index in [4.69, 9.17) is 25.8 Å². The van der Waals surface area contributed by atoms with Gasteiger partial charge in [0.25, 0.3) is 11.7 Å². The molecule has 0 radical (unpaired) electrons. The molecule has 2 aliphatic heterocycles. The maximum atomic E-state index is 13.2. The van der Waals surface area contributed by atoms with Crippen LogP contribution in [0.1, 0.15) is 17.2 Å². The zero-order chi connectivity index (χ0) is 23.1. The first-order chi connectivity index (χ1) is 16.0. The van der Waals surface area contributed by atoms with E-state index >= 15 is 0 Å². The number of halogens is 1. The van der Waals surface area contributed by atoms with Gasteiger partial charge in [-0.1, -0.05) is 17.7 Å². The largest absolute Gasteiger partial charge is 0.507 e. The number of carbonyl (C=O) groups is 2. The molecule has 1 atom stereocenters. The molecule has 1 fully saturated rings. The second-order valence-electron chi connectivity index (χ2n) is 7.34. The second-order valence-corrected chi connectivity index (χ2v) is 7.75. The number of rotatable bonds is 4. The molecule has 1 N–H and O–H groups in total. The lowest BCUT2D eigenvalue weighted by Crippen LogP contribution is -2.29. The zero-order valence-corrected chi connectivity index (χ0v) is 18.1. The molecule has 3 heterocycles. The van der Waals surface area contributed by atoms with Crippen molar-refractivity contribution in [2.75, 3.05) is 18.8 Å². The number of hydrogen-bond donors (Lipinski definition) is 1. The highest BCUT2D eigenvalue weighted by molar-refractivity contribution is 6.52. The van der Waals surface area contributed by atoms with Crippen molar-refractivity contribution in [3.63, 3.8) is 0 Å². The van der Waals surface area contributed by atoms with Gasteiger partial charge in [0, 0.05) is 29.7 Å². The van der Waals surface area contributed by atoms with Crippen molar-refractivity contribution in [1.82, 2.24) is 4.98 Å². The number of nitrogens with zero attached hydrogens (tertiary/aromatic N) is 2. The molecule has 1 amide bonds. The highest BCUT2D eigenvalue weighted by Crippen LogP contribution is 2.45. The van der Waals surface area contributed by atoms with Gasteiger partial charge in [-0.05, 0) is 42.0 Å². The quantitative estimate of drug-likeness (QED) is 0.352. The number of aliphatic hydroxyl groups excluding tert-OH is 1. The Morgan fingerprint density at radius 3 is 2.73 bits per heavy atom. The van der Waals surface area contributed by atoms with Gasteiger partial charge in [-0.15, -0.1) is 0 Å². The number of anilines is 1. The Balaban J connectivity index is 1.72. The standard InChI is InChI=1S/C24H17ClN2O6/c1-31-15-5-6-17(25)16(10-15)22(28)20-21(13-3-2-8-26-11-13)27(24(30)23(20)29)14-4-7-18-19(9-14)33-12-32-18/h2-11,21,28H,12H2,1H3/b22-20+. The topological polar surface area (TPSA) is 98.2 Å². The van der Waals surface area contributed by atoms with Crippen molar-refractivity contribution < 1.29 is 28.9 Å². The number of hydrogen-bond acceptors (Lipinski definition) is 7. The number of aromatic nitrogens is 1. The SMILES string of the molecule is COc1ccc(Cl)c(/C(O)=C2\C(=O)C(=O)N(c3ccc4c(c3)OCO4)C2c2cccnc2)c1. The van der Waals surface area contributed by atoms with Crippen LogP contribution in [-0.2, 0) is 9.59 Å². The molecule has 33 heavy (non-hydrogen) atoms. The van der Waals surface area contributed by atoms with Crippen molar-refractivity contribution in [1.29, 1.82) is 0 Å². The van der Waals surface area contributed by atoms with E-state index in [0.717, 1.165) is 0 Å². The number of aliphatic hydroxyl groups is 1. The van der Waals surface area contributed by atoms with E-state index in [0.29, 0.717) is 28.5 Å². The Labute approximate surface area is 193 Å². The molecule has 5 rings (SSSR count). The van der Waals surface area contributed by atoms with Crippen molar-refractivity contribution in [2.24, 2.45) is 0 Å². The van der Waals surface area contributed by atoms with Crippen LogP contribution in [0, 0.1) is 0 Å². The molecule has 0 saturated carbocycles. The van der Waals surface area contributed by atoms with E-state index in [1.54, 1.807) is 48.7 Å². The number of carbonyl (C=O) groups excluding carboxylic acids is 2. The highest BCUT2D eigenvalue weighted by atomic mass is 35.5. The monoisotopic (exact) mass is 464 g/mol. The van der Waals surface area contributed by atoms with Crippen molar-refractivity contribution in [3.8, 4) is 17.2 Å². The van der Waals surface area contributed by atoms with Crippen LogP contribution in [0.25, 0.3) is 5.76 Å². The third kappa shape index (κ3) is 3.44. The van der Waals surface area contributed by atoms with Crippen molar-refractivity contribution in [3.05, 3.63) is 82.6 Å². The van der Waals surface area contributed by atoms with E-state index in [1.165, 1.54) is 24.3 Å². The number of ketones is 1. The lowest BCUT2D eigenvalue weighted by atomic mass is 9.96. The number of amides is 1. The number of pyridine rings is 1. The summed E-state index contributed by atoms with van der Waals surface area (Å²) in [5.41, 5.74) is 1.01. The fourth-order valence-corrected chi connectivity index (χ4v) is 4.15. The van der Waals surface area contributed by atoms with E-state index in [2.05, 4.69) is 4.98 Å². The van der Waals surface area contributed by atoms with Crippen molar-refractivity contribution in [2.45, 2.75) is 6.04 Å². The minimum Gasteiger partial charge on any atom is -0.507 e. The summed E-state index contributed by atoms with van der Waals surface area (Å²) in [5, 5.41) is 11.4. The fourth-order valence-electron chi connectivity index (χ4n) is 3.94. The Morgan fingerprint density at radius 1 is 1.15 bits per heavy atom. The van der Waals surface area contributed by atoms with Crippen LogP contribution in [0.5, 0.6) is 17.2 Å². The highest BCUT2D eigenvalue weighted by Gasteiger charge is 2.47. The van der Waals surface area contributed by atoms with Gasteiger partial charge in [0.1, 0.15) is 11.5 Å². The summed E-state index contributed by atoms with van der Waals surface area (Å²) in [7, 11) is 1.47. The van der Waals surface area contributed by atoms with Gasteiger partial charge in [0.15, 0.2) is 11.5 Å². The molecule has 0 spiro atoms. The van der Waals surface area contributed by atoms with Crippen LogP contribution < -0.4 is 19.1 Å². The Hall–Kier alpha value is -4.04. The molecule has 0 aliphatic carbocycles. The van der Waals surface area contributed by atoms with Gasteiger partial charge in [0.05, 0.1) is 23.7 Å². The van der Waals surface area contributed by atoms with E-state index in [9.17, 15) is 14.7 Å². The van der Waals surface area contributed by atoms with Crippen LogP contribution in [0.15, 0.2) is 66.5 Å². The molecule has 1 aromatic heterocycles. The number of fused-ring (bicyclic) bond motifs is 1. The normalized spacial score (nSPS) is 18.6. The fraction of sp³-hybridized carbons (Fsp3) is 0.125. The lowest BCUT2D eigenvalue weighted by Gasteiger charge is -2.25. The van der Waals surface area contributed by atoms with E-state index < -0.39 is 23.5 Å². The van der Waals surface area contributed by atoms with Crippen LogP contribution in [0.2, 0.25) is 5.02 Å². The van der Waals surface area contributed by atoms with Crippen LogP contribution in [0.3, 0.4) is 0 Å². The van der Waals surface area contributed by atoms with E-state index in [1.807, 2.05) is 0 Å².